The SMILES string of the molecule is CC1CCCCN1C(=O)CN(C)CC(C)(CO)CO. The lowest BCUT2D eigenvalue weighted by Gasteiger charge is -2.36. The number of nitrogens with zero attached hydrogens (tertiary/aromatic N) is 2. The summed E-state index contributed by atoms with van der Waals surface area (Å²) in [5.74, 6) is 0.146. The summed E-state index contributed by atoms with van der Waals surface area (Å²) in [4.78, 5) is 16.1. The highest BCUT2D eigenvalue weighted by molar-refractivity contribution is 5.78. The minimum Gasteiger partial charge on any atom is -0.396 e. The molecule has 0 radical (unpaired) electrons. The molecule has 0 saturated carbocycles. The molecule has 1 rings (SSSR count). The molecule has 112 valence electrons. The molecule has 1 heterocycles. The number of carbonyl (C=O) groups excluding carboxylic acids is 1. The smallest absolute Gasteiger partial charge is 0.236 e. The number of likely N-dealkylation sites (tertiary alicyclic amines) is 1. The van der Waals surface area contributed by atoms with Gasteiger partial charge in [-0.1, -0.05) is 6.92 Å². The van der Waals surface area contributed by atoms with E-state index in [4.69, 9.17) is 0 Å². The van der Waals surface area contributed by atoms with Crippen molar-refractivity contribution in [2.24, 2.45) is 5.41 Å². The first kappa shape index (κ1) is 16.4. The Morgan fingerprint density at radius 3 is 2.53 bits per heavy atom. The maximum absolute atomic E-state index is 12.2. The van der Waals surface area contributed by atoms with E-state index in [0.29, 0.717) is 19.1 Å². The van der Waals surface area contributed by atoms with Gasteiger partial charge in [0.05, 0.1) is 19.8 Å². The van der Waals surface area contributed by atoms with Crippen molar-refractivity contribution in [2.75, 3.05) is 39.9 Å². The number of amides is 1. The van der Waals surface area contributed by atoms with Crippen LogP contribution in [0.1, 0.15) is 33.1 Å². The van der Waals surface area contributed by atoms with Crippen LogP contribution in [-0.2, 0) is 4.79 Å². The van der Waals surface area contributed by atoms with Crippen molar-refractivity contribution in [3.05, 3.63) is 0 Å². The summed E-state index contributed by atoms with van der Waals surface area (Å²) in [5, 5.41) is 18.6. The van der Waals surface area contributed by atoms with Gasteiger partial charge < -0.3 is 15.1 Å². The zero-order valence-corrected chi connectivity index (χ0v) is 12.4. The number of rotatable bonds is 6. The Balaban J connectivity index is 2.47. The average Bonchev–Trinajstić information content (AvgIpc) is 2.38. The highest BCUT2D eigenvalue weighted by Crippen LogP contribution is 2.18. The summed E-state index contributed by atoms with van der Waals surface area (Å²) in [7, 11) is 1.86. The van der Waals surface area contributed by atoms with Gasteiger partial charge in [0.15, 0.2) is 0 Å². The summed E-state index contributed by atoms with van der Waals surface area (Å²) >= 11 is 0. The van der Waals surface area contributed by atoms with Crippen LogP contribution in [0, 0.1) is 5.41 Å². The number of carbonyl (C=O) groups is 1. The Kier molecular flexibility index (Phi) is 6.23. The van der Waals surface area contributed by atoms with E-state index in [1.165, 1.54) is 6.42 Å². The van der Waals surface area contributed by atoms with E-state index >= 15 is 0 Å². The molecule has 2 N–H and O–H groups in total. The zero-order valence-electron chi connectivity index (χ0n) is 12.4. The molecule has 0 aliphatic carbocycles. The van der Waals surface area contributed by atoms with Gasteiger partial charge in [0, 0.05) is 24.5 Å². The summed E-state index contributed by atoms with van der Waals surface area (Å²) < 4.78 is 0. The minimum atomic E-state index is -0.553. The lowest BCUT2D eigenvalue weighted by Crippen LogP contribution is -2.48. The average molecular weight is 272 g/mol. The summed E-state index contributed by atoms with van der Waals surface area (Å²) in [5.41, 5.74) is -0.553. The van der Waals surface area contributed by atoms with E-state index in [1.54, 1.807) is 0 Å². The molecule has 1 amide bonds. The first-order valence-electron chi connectivity index (χ1n) is 7.11. The molecule has 1 unspecified atom stereocenters. The second-order valence-electron chi connectivity index (χ2n) is 6.23. The molecule has 5 heteroatoms. The van der Waals surface area contributed by atoms with E-state index in [0.717, 1.165) is 19.4 Å². The first-order valence-corrected chi connectivity index (χ1v) is 7.11. The van der Waals surface area contributed by atoms with E-state index in [1.807, 2.05) is 23.8 Å². The molecule has 19 heavy (non-hydrogen) atoms. The Hall–Kier alpha value is -0.650. The highest BCUT2D eigenvalue weighted by atomic mass is 16.3. The van der Waals surface area contributed by atoms with Gasteiger partial charge in [-0.15, -0.1) is 0 Å². The molecule has 1 fully saturated rings. The van der Waals surface area contributed by atoms with Crippen LogP contribution < -0.4 is 0 Å². The van der Waals surface area contributed by atoms with Gasteiger partial charge in [-0.25, -0.2) is 0 Å². The van der Waals surface area contributed by atoms with Crippen molar-refractivity contribution in [3.63, 3.8) is 0 Å². The number of likely N-dealkylation sites (N-methyl/N-ethyl adjacent to an activating group) is 1. The predicted octanol–water partition coefficient (Wildman–Crippen LogP) is 0.310. The second-order valence-corrected chi connectivity index (χ2v) is 6.23. The standard InChI is InChI=1S/C14H28N2O3/c1-12-6-4-5-7-16(12)13(19)8-15(3)9-14(2,10-17)11-18/h12,17-18H,4-11H2,1-3H3. The maximum atomic E-state index is 12.2. The van der Waals surface area contributed by atoms with Crippen LogP contribution in [0.25, 0.3) is 0 Å². The second kappa shape index (κ2) is 7.22. The van der Waals surface area contributed by atoms with Crippen LogP contribution in [0.5, 0.6) is 0 Å². The molecule has 1 atom stereocenters. The quantitative estimate of drug-likeness (QED) is 0.730. The van der Waals surface area contributed by atoms with E-state index in [9.17, 15) is 15.0 Å². The van der Waals surface area contributed by atoms with Gasteiger partial charge in [-0.3, -0.25) is 9.69 Å². The largest absolute Gasteiger partial charge is 0.396 e. The third kappa shape index (κ3) is 4.75. The number of piperidine rings is 1. The molecular weight excluding hydrogens is 244 g/mol. The lowest BCUT2D eigenvalue weighted by molar-refractivity contribution is -0.135. The van der Waals surface area contributed by atoms with Gasteiger partial charge >= 0.3 is 0 Å². The molecule has 5 nitrogen and oxygen atoms in total. The topological polar surface area (TPSA) is 64.0 Å². The number of aliphatic hydroxyl groups is 2. The monoisotopic (exact) mass is 272 g/mol. The summed E-state index contributed by atoms with van der Waals surface area (Å²) in [6.45, 7) is 5.46. The van der Waals surface area contributed by atoms with Gasteiger partial charge in [0.25, 0.3) is 0 Å². The van der Waals surface area contributed by atoms with Crippen molar-refractivity contribution in [1.29, 1.82) is 0 Å². The van der Waals surface area contributed by atoms with Crippen molar-refractivity contribution >= 4 is 5.91 Å². The predicted molar refractivity (Wildman–Crippen MR) is 74.8 cm³/mol. The third-order valence-electron chi connectivity index (χ3n) is 3.94. The van der Waals surface area contributed by atoms with E-state index < -0.39 is 5.41 Å². The number of aliphatic hydroxyl groups excluding tert-OH is 2. The molecular formula is C14H28N2O3. The van der Waals surface area contributed by atoms with Gasteiger partial charge in [0.2, 0.25) is 5.91 Å². The third-order valence-corrected chi connectivity index (χ3v) is 3.94. The molecule has 0 aromatic rings. The van der Waals surface area contributed by atoms with Gasteiger partial charge in [0.1, 0.15) is 0 Å². The van der Waals surface area contributed by atoms with Crippen molar-refractivity contribution in [1.82, 2.24) is 9.80 Å². The van der Waals surface area contributed by atoms with Crippen molar-refractivity contribution < 1.29 is 15.0 Å². The molecule has 0 aromatic heterocycles. The van der Waals surface area contributed by atoms with Gasteiger partial charge in [-0.2, -0.15) is 0 Å². The molecule has 0 bridgehead atoms. The van der Waals surface area contributed by atoms with Crippen LogP contribution in [0.2, 0.25) is 0 Å². The fourth-order valence-electron chi connectivity index (χ4n) is 2.65. The zero-order chi connectivity index (χ0) is 14.5. The number of hydrogen-bond acceptors (Lipinski definition) is 4. The molecule has 1 saturated heterocycles. The van der Waals surface area contributed by atoms with Crippen molar-refractivity contribution in [2.45, 2.75) is 39.2 Å². The summed E-state index contributed by atoms with van der Waals surface area (Å²) in [6, 6.07) is 0.330. The minimum absolute atomic E-state index is 0.0812. The number of hydrogen-bond donors (Lipinski definition) is 2. The van der Waals surface area contributed by atoms with Crippen LogP contribution >= 0.6 is 0 Å². The maximum Gasteiger partial charge on any atom is 0.236 e. The molecule has 0 spiro atoms. The van der Waals surface area contributed by atoms with Crippen LogP contribution in [0.3, 0.4) is 0 Å². The molecule has 0 aromatic carbocycles. The van der Waals surface area contributed by atoms with Crippen LogP contribution in [0.4, 0.5) is 0 Å². The van der Waals surface area contributed by atoms with Crippen LogP contribution in [-0.4, -0.2) is 71.9 Å². The first-order chi connectivity index (χ1) is 8.91. The van der Waals surface area contributed by atoms with Gasteiger partial charge in [-0.05, 0) is 33.2 Å². The van der Waals surface area contributed by atoms with E-state index in [-0.39, 0.29) is 19.1 Å². The normalized spacial score (nSPS) is 20.9. The van der Waals surface area contributed by atoms with Crippen molar-refractivity contribution in [3.8, 4) is 0 Å². The Morgan fingerprint density at radius 2 is 2.00 bits per heavy atom. The highest BCUT2D eigenvalue weighted by Gasteiger charge is 2.28. The molecule has 1 aliphatic rings. The fourth-order valence-corrected chi connectivity index (χ4v) is 2.65. The fraction of sp³-hybridized carbons (Fsp3) is 0.929. The molecule has 1 aliphatic heterocycles. The Labute approximate surface area is 116 Å². The Morgan fingerprint density at radius 1 is 1.37 bits per heavy atom. The Bertz CT molecular complexity index is 292. The lowest BCUT2D eigenvalue weighted by atomic mass is 9.92. The van der Waals surface area contributed by atoms with Crippen LogP contribution in [0.15, 0.2) is 0 Å². The van der Waals surface area contributed by atoms with E-state index in [2.05, 4.69) is 6.92 Å². The summed E-state index contributed by atoms with van der Waals surface area (Å²) in [6.07, 6.45) is 3.37.